The lowest BCUT2D eigenvalue weighted by molar-refractivity contribution is 0.0484. The Morgan fingerprint density at radius 1 is 0.525 bits per heavy atom. The lowest BCUT2D eigenvalue weighted by Gasteiger charge is -2.36. The largest absolute Gasteiger partial charge is 0.508 e. The molecule has 2 fully saturated rings. The summed E-state index contributed by atoms with van der Waals surface area (Å²) in [5.41, 5.74) is 1.06. The molecule has 2 aliphatic carbocycles. The monoisotopic (exact) mass is 546 g/mol. The molecule has 5 nitrogen and oxygen atoms in total. The number of rotatable bonds is 14. The van der Waals surface area contributed by atoms with Gasteiger partial charge in [-0.25, -0.2) is 4.79 Å². The standard InChI is InChI=1S/C35H46O5/c36-31(29-17-5-1-6-18-29)34(21-9-3-10-22-34)25-13-15-27-39-33(38)40-28-16-14-26-35(23-11-4-12-24-35)32(37)30-19-7-2-8-20-30/h1-2,5-8,17-20H,3-4,9-16,21-28H2. The van der Waals surface area contributed by atoms with Gasteiger partial charge < -0.3 is 9.47 Å². The van der Waals surface area contributed by atoms with Crippen LogP contribution < -0.4 is 0 Å². The number of benzene rings is 2. The molecule has 216 valence electrons. The molecule has 2 aromatic carbocycles. The van der Waals surface area contributed by atoms with Gasteiger partial charge in [-0.1, -0.05) is 99.2 Å². The summed E-state index contributed by atoms with van der Waals surface area (Å²) in [7, 11) is 0. The summed E-state index contributed by atoms with van der Waals surface area (Å²) in [5, 5.41) is 0. The molecule has 4 rings (SSSR count). The van der Waals surface area contributed by atoms with Crippen LogP contribution in [0.3, 0.4) is 0 Å². The number of carbonyl (C=O) groups is 3. The summed E-state index contributed by atoms with van der Waals surface area (Å²) >= 11 is 0. The molecule has 0 N–H and O–H groups in total. The maximum absolute atomic E-state index is 13.4. The van der Waals surface area contributed by atoms with E-state index in [1.54, 1.807) is 0 Å². The maximum Gasteiger partial charge on any atom is 0.508 e. The SMILES string of the molecule is O=C(OCCCCC1(C(=O)c2ccccc2)CCCCC1)OCCCCC1(C(=O)c2ccccc2)CCCCC1. The highest BCUT2D eigenvalue weighted by Gasteiger charge is 2.40. The zero-order valence-electron chi connectivity index (χ0n) is 24.0. The molecule has 0 aromatic heterocycles. The Labute approximate surface area is 240 Å². The highest BCUT2D eigenvalue weighted by Crippen LogP contribution is 2.44. The normalized spacial score (nSPS) is 18.0. The zero-order valence-corrected chi connectivity index (χ0v) is 24.0. The van der Waals surface area contributed by atoms with Crippen molar-refractivity contribution < 1.29 is 23.9 Å². The maximum atomic E-state index is 13.4. The highest BCUT2D eigenvalue weighted by molar-refractivity contribution is 6.01. The van der Waals surface area contributed by atoms with Gasteiger partial charge in [-0.2, -0.15) is 0 Å². The van der Waals surface area contributed by atoms with Crippen molar-refractivity contribution in [2.75, 3.05) is 13.2 Å². The minimum absolute atomic E-state index is 0.272. The van der Waals surface area contributed by atoms with E-state index in [1.165, 1.54) is 12.8 Å². The molecule has 2 aromatic rings. The van der Waals surface area contributed by atoms with Crippen LogP contribution in [-0.4, -0.2) is 30.9 Å². The third-order valence-corrected chi connectivity index (χ3v) is 9.20. The van der Waals surface area contributed by atoms with E-state index in [2.05, 4.69) is 0 Å². The van der Waals surface area contributed by atoms with E-state index in [4.69, 9.17) is 9.47 Å². The second-order valence-electron chi connectivity index (χ2n) is 11.9. The van der Waals surface area contributed by atoms with Gasteiger partial charge in [0.2, 0.25) is 0 Å². The third-order valence-electron chi connectivity index (χ3n) is 9.20. The summed E-state index contributed by atoms with van der Waals surface area (Å²) in [6.07, 6.45) is 14.8. The fourth-order valence-corrected chi connectivity index (χ4v) is 6.91. The molecular weight excluding hydrogens is 500 g/mol. The first-order chi connectivity index (χ1) is 19.5. The van der Waals surface area contributed by atoms with Gasteiger partial charge in [0.05, 0.1) is 13.2 Å². The van der Waals surface area contributed by atoms with Crippen LogP contribution in [0.2, 0.25) is 0 Å². The van der Waals surface area contributed by atoms with Crippen LogP contribution in [0.4, 0.5) is 4.79 Å². The predicted octanol–water partition coefficient (Wildman–Crippen LogP) is 9.15. The predicted molar refractivity (Wildman–Crippen MR) is 158 cm³/mol. The van der Waals surface area contributed by atoms with Crippen LogP contribution in [-0.2, 0) is 9.47 Å². The quantitative estimate of drug-likeness (QED) is 0.134. The summed E-state index contributed by atoms with van der Waals surface area (Å²) < 4.78 is 10.6. The number of Topliss-reactive ketones (excluding diaryl/α,β-unsaturated/α-hetero) is 2. The van der Waals surface area contributed by atoms with Crippen LogP contribution in [0.25, 0.3) is 0 Å². The van der Waals surface area contributed by atoms with E-state index >= 15 is 0 Å². The van der Waals surface area contributed by atoms with Gasteiger partial charge in [-0.15, -0.1) is 0 Å². The van der Waals surface area contributed by atoms with E-state index in [9.17, 15) is 14.4 Å². The molecule has 0 spiro atoms. The smallest absolute Gasteiger partial charge is 0.434 e. The van der Waals surface area contributed by atoms with E-state index in [-0.39, 0.29) is 22.4 Å². The molecule has 0 aliphatic heterocycles. The van der Waals surface area contributed by atoms with E-state index < -0.39 is 6.16 Å². The molecule has 0 unspecified atom stereocenters. The number of carbonyl (C=O) groups excluding carboxylic acids is 3. The molecule has 5 heteroatoms. The summed E-state index contributed by atoms with van der Waals surface area (Å²) in [5.74, 6) is 0.544. The van der Waals surface area contributed by atoms with Gasteiger partial charge >= 0.3 is 6.16 Å². The molecule has 0 atom stereocenters. The summed E-state index contributed by atoms with van der Waals surface area (Å²) in [6, 6.07) is 19.3. The van der Waals surface area contributed by atoms with Crippen molar-refractivity contribution >= 4 is 17.7 Å². The van der Waals surface area contributed by atoms with Gasteiger partial charge in [0.15, 0.2) is 11.6 Å². The van der Waals surface area contributed by atoms with E-state index in [0.29, 0.717) is 13.2 Å². The Morgan fingerprint density at radius 3 is 1.27 bits per heavy atom. The number of ketones is 2. The van der Waals surface area contributed by atoms with Gasteiger partial charge in [0.1, 0.15) is 0 Å². The molecule has 0 saturated heterocycles. The fourth-order valence-electron chi connectivity index (χ4n) is 6.91. The molecular formula is C35H46O5. The average molecular weight is 547 g/mol. The highest BCUT2D eigenvalue weighted by atomic mass is 16.7. The van der Waals surface area contributed by atoms with Crippen LogP contribution in [0.1, 0.15) is 123 Å². The first-order valence-corrected chi connectivity index (χ1v) is 15.5. The second-order valence-corrected chi connectivity index (χ2v) is 11.9. The van der Waals surface area contributed by atoms with Gasteiger partial charge in [0.25, 0.3) is 0 Å². The molecule has 2 saturated carbocycles. The Hall–Kier alpha value is -2.95. The van der Waals surface area contributed by atoms with Crippen LogP contribution in [0.15, 0.2) is 60.7 Å². The second kappa shape index (κ2) is 15.2. The van der Waals surface area contributed by atoms with Crippen molar-refractivity contribution in [1.82, 2.24) is 0 Å². The molecule has 0 heterocycles. The molecule has 40 heavy (non-hydrogen) atoms. The van der Waals surface area contributed by atoms with Crippen LogP contribution in [0.5, 0.6) is 0 Å². The number of hydrogen-bond acceptors (Lipinski definition) is 5. The van der Waals surface area contributed by atoms with E-state index in [0.717, 1.165) is 101 Å². The van der Waals surface area contributed by atoms with Gasteiger partial charge in [0, 0.05) is 22.0 Å². The minimum Gasteiger partial charge on any atom is -0.434 e. The Kier molecular flexibility index (Phi) is 11.4. The van der Waals surface area contributed by atoms with Crippen molar-refractivity contribution in [3.8, 4) is 0 Å². The van der Waals surface area contributed by atoms with Crippen molar-refractivity contribution in [3.63, 3.8) is 0 Å². The topological polar surface area (TPSA) is 69.7 Å². The fraction of sp³-hybridized carbons (Fsp3) is 0.571. The van der Waals surface area contributed by atoms with Crippen molar-refractivity contribution in [2.24, 2.45) is 10.8 Å². The van der Waals surface area contributed by atoms with E-state index in [1.807, 2.05) is 60.7 Å². The molecule has 2 aliphatic rings. The van der Waals surface area contributed by atoms with Crippen LogP contribution >= 0.6 is 0 Å². The van der Waals surface area contributed by atoms with Crippen molar-refractivity contribution in [2.45, 2.75) is 103 Å². The average Bonchev–Trinajstić information content (AvgIpc) is 3.01. The van der Waals surface area contributed by atoms with Gasteiger partial charge in [-0.3, -0.25) is 9.59 Å². The Morgan fingerprint density at radius 2 is 0.900 bits per heavy atom. The number of ether oxygens (including phenoxy) is 2. The number of hydrogen-bond donors (Lipinski definition) is 0. The van der Waals surface area contributed by atoms with Crippen molar-refractivity contribution in [3.05, 3.63) is 71.8 Å². The molecule has 0 radical (unpaired) electrons. The zero-order chi connectivity index (χ0) is 28.1. The molecule has 0 amide bonds. The first kappa shape index (κ1) is 30.0. The van der Waals surface area contributed by atoms with Crippen LogP contribution in [0, 0.1) is 10.8 Å². The Balaban J connectivity index is 1.13. The third kappa shape index (κ3) is 8.05. The molecule has 0 bridgehead atoms. The minimum atomic E-state index is -0.625. The Bertz CT molecular complexity index is 980. The number of unbranched alkanes of at least 4 members (excludes halogenated alkanes) is 2. The van der Waals surface area contributed by atoms with Crippen molar-refractivity contribution in [1.29, 1.82) is 0 Å². The van der Waals surface area contributed by atoms with Gasteiger partial charge in [-0.05, 0) is 64.2 Å². The summed E-state index contributed by atoms with van der Waals surface area (Å²) in [6.45, 7) is 0.617. The lowest BCUT2D eigenvalue weighted by atomic mass is 9.67. The first-order valence-electron chi connectivity index (χ1n) is 15.5. The lowest BCUT2D eigenvalue weighted by Crippen LogP contribution is -2.33. The summed E-state index contributed by atoms with van der Waals surface area (Å²) in [4.78, 5) is 38.9.